The monoisotopic (exact) mass is 277 g/mol. The summed E-state index contributed by atoms with van der Waals surface area (Å²) in [6.45, 7) is 4.42. The fraction of sp³-hybridized carbons (Fsp3) is 0.267. The summed E-state index contributed by atoms with van der Waals surface area (Å²) in [5, 5.41) is 4.35. The van der Waals surface area contributed by atoms with Crippen molar-refractivity contribution < 1.29 is 9.21 Å². The zero-order valence-corrected chi connectivity index (χ0v) is 11.8. The molecule has 4 heteroatoms. The van der Waals surface area contributed by atoms with Crippen LogP contribution in [0, 0.1) is 6.92 Å². The SMILES string of the molecule is C/C=C/CCNC(=O)c1oc2ccc(Cl)cc2c1C. The number of hydrogen-bond acceptors (Lipinski definition) is 2. The molecule has 1 heterocycles. The summed E-state index contributed by atoms with van der Waals surface area (Å²) in [5.74, 6) is 0.173. The Labute approximate surface area is 117 Å². The first-order chi connectivity index (χ1) is 9.13. The van der Waals surface area contributed by atoms with E-state index in [1.807, 2.05) is 32.1 Å². The molecule has 0 saturated carbocycles. The zero-order valence-electron chi connectivity index (χ0n) is 11.0. The van der Waals surface area contributed by atoms with Gasteiger partial charge in [-0.05, 0) is 38.5 Å². The third-order valence-corrected chi connectivity index (χ3v) is 3.17. The molecule has 1 N–H and O–H groups in total. The molecule has 0 saturated heterocycles. The molecule has 2 aromatic rings. The summed E-state index contributed by atoms with van der Waals surface area (Å²) in [5.41, 5.74) is 1.50. The van der Waals surface area contributed by atoms with E-state index >= 15 is 0 Å². The number of amides is 1. The molecular formula is C15H16ClNO2. The Morgan fingerprint density at radius 2 is 2.26 bits per heavy atom. The maximum Gasteiger partial charge on any atom is 0.287 e. The Bertz CT molecular complexity index is 628. The number of benzene rings is 1. The second kappa shape index (κ2) is 5.93. The number of carbonyl (C=O) groups excluding carboxylic acids is 1. The lowest BCUT2D eigenvalue weighted by molar-refractivity contribution is 0.0928. The fourth-order valence-electron chi connectivity index (χ4n) is 1.93. The average molecular weight is 278 g/mol. The maximum absolute atomic E-state index is 12.0. The van der Waals surface area contributed by atoms with Crippen molar-refractivity contribution >= 4 is 28.5 Å². The van der Waals surface area contributed by atoms with E-state index in [-0.39, 0.29) is 5.91 Å². The van der Waals surface area contributed by atoms with Crippen LogP contribution < -0.4 is 5.32 Å². The minimum absolute atomic E-state index is 0.186. The molecule has 0 aliphatic heterocycles. The first kappa shape index (κ1) is 13.7. The minimum Gasteiger partial charge on any atom is -0.451 e. The Morgan fingerprint density at radius 3 is 3.00 bits per heavy atom. The van der Waals surface area contributed by atoms with Crippen molar-refractivity contribution in [3.8, 4) is 0 Å². The second-order valence-corrected chi connectivity index (χ2v) is 4.75. The number of aryl methyl sites for hydroxylation is 1. The third-order valence-electron chi connectivity index (χ3n) is 2.94. The predicted molar refractivity (Wildman–Crippen MR) is 77.7 cm³/mol. The van der Waals surface area contributed by atoms with Crippen LogP contribution in [-0.4, -0.2) is 12.5 Å². The number of allylic oxidation sites excluding steroid dienone is 1. The topological polar surface area (TPSA) is 42.2 Å². The van der Waals surface area contributed by atoms with Crippen LogP contribution in [0.3, 0.4) is 0 Å². The molecule has 2 rings (SSSR count). The molecule has 1 amide bonds. The summed E-state index contributed by atoms with van der Waals surface area (Å²) >= 11 is 5.95. The third kappa shape index (κ3) is 2.99. The number of rotatable bonds is 4. The molecule has 0 unspecified atom stereocenters. The molecule has 1 aromatic heterocycles. The lowest BCUT2D eigenvalue weighted by Crippen LogP contribution is -2.24. The number of nitrogens with one attached hydrogen (secondary N) is 1. The predicted octanol–water partition coefficient (Wildman–Crippen LogP) is 4.09. The maximum atomic E-state index is 12.0. The van der Waals surface area contributed by atoms with E-state index in [2.05, 4.69) is 5.32 Å². The molecule has 0 aliphatic carbocycles. The van der Waals surface area contributed by atoms with Crippen LogP contribution >= 0.6 is 11.6 Å². The summed E-state index contributed by atoms with van der Waals surface area (Å²) in [4.78, 5) is 12.0. The quantitative estimate of drug-likeness (QED) is 0.675. The van der Waals surface area contributed by atoms with Gasteiger partial charge in [-0.1, -0.05) is 23.8 Å². The fourth-order valence-corrected chi connectivity index (χ4v) is 2.10. The van der Waals surface area contributed by atoms with Gasteiger partial charge in [0, 0.05) is 22.5 Å². The van der Waals surface area contributed by atoms with Gasteiger partial charge in [-0.15, -0.1) is 0 Å². The van der Waals surface area contributed by atoms with Crippen LogP contribution in [0.25, 0.3) is 11.0 Å². The van der Waals surface area contributed by atoms with Crippen LogP contribution in [0.2, 0.25) is 5.02 Å². The lowest BCUT2D eigenvalue weighted by atomic mass is 10.1. The number of carbonyl (C=O) groups is 1. The van der Waals surface area contributed by atoms with Crippen molar-refractivity contribution in [2.75, 3.05) is 6.54 Å². The van der Waals surface area contributed by atoms with Crippen LogP contribution in [0.15, 0.2) is 34.8 Å². The van der Waals surface area contributed by atoms with Crippen molar-refractivity contribution in [3.05, 3.63) is 46.7 Å². The Hall–Kier alpha value is -1.74. The summed E-state index contributed by atoms with van der Waals surface area (Å²) < 4.78 is 5.58. The highest BCUT2D eigenvalue weighted by atomic mass is 35.5. The van der Waals surface area contributed by atoms with Gasteiger partial charge in [-0.2, -0.15) is 0 Å². The Balaban J connectivity index is 2.20. The summed E-state index contributed by atoms with van der Waals surface area (Å²) in [7, 11) is 0. The molecule has 0 bridgehead atoms. The van der Waals surface area contributed by atoms with E-state index < -0.39 is 0 Å². The summed E-state index contributed by atoms with van der Waals surface area (Å²) in [6, 6.07) is 5.34. The molecule has 0 radical (unpaired) electrons. The number of furan rings is 1. The van der Waals surface area contributed by atoms with Gasteiger partial charge < -0.3 is 9.73 Å². The number of halogens is 1. The average Bonchev–Trinajstić information content (AvgIpc) is 2.72. The summed E-state index contributed by atoms with van der Waals surface area (Å²) in [6.07, 6.45) is 4.78. The molecule has 100 valence electrons. The molecule has 0 atom stereocenters. The van der Waals surface area contributed by atoms with Crippen molar-refractivity contribution in [2.45, 2.75) is 20.3 Å². The standard InChI is InChI=1S/C15H16ClNO2/c1-3-4-5-8-17-15(18)14-10(2)12-9-11(16)6-7-13(12)19-14/h3-4,6-7,9H,5,8H2,1-2H3,(H,17,18)/b4-3+. The van der Waals surface area contributed by atoms with Gasteiger partial charge in [0.1, 0.15) is 5.58 Å². The Morgan fingerprint density at radius 1 is 1.47 bits per heavy atom. The molecule has 0 aliphatic rings. The van der Waals surface area contributed by atoms with Gasteiger partial charge >= 0.3 is 0 Å². The molecule has 0 fully saturated rings. The van der Waals surface area contributed by atoms with Gasteiger partial charge in [-0.3, -0.25) is 4.79 Å². The van der Waals surface area contributed by atoms with E-state index in [4.69, 9.17) is 16.0 Å². The van der Waals surface area contributed by atoms with E-state index in [9.17, 15) is 4.79 Å². The highest BCUT2D eigenvalue weighted by Gasteiger charge is 2.17. The van der Waals surface area contributed by atoms with E-state index in [0.29, 0.717) is 22.9 Å². The molecule has 1 aromatic carbocycles. The molecule has 0 spiro atoms. The first-order valence-electron chi connectivity index (χ1n) is 6.21. The lowest BCUT2D eigenvalue weighted by Gasteiger charge is -2.01. The van der Waals surface area contributed by atoms with Crippen LogP contribution in [0.5, 0.6) is 0 Å². The smallest absolute Gasteiger partial charge is 0.287 e. The second-order valence-electron chi connectivity index (χ2n) is 4.31. The van der Waals surface area contributed by atoms with Gasteiger partial charge in [0.2, 0.25) is 0 Å². The highest BCUT2D eigenvalue weighted by molar-refractivity contribution is 6.31. The van der Waals surface area contributed by atoms with Crippen molar-refractivity contribution in [3.63, 3.8) is 0 Å². The molecular weight excluding hydrogens is 262 g/mol. The number of fused-ring (bicyclic) bond motifs is 1. The molecule has 3 nitrogen and oxygen atoms in total. The van der Waals surface area contributed by atoms with Crippen molar-refractivity contribution in [2.24, 2.45) is 0 Å². The van der Waals surface area contributed by atoms with E-state index in [1.54, 1.807) is 12.1 Å². The first-order valence-corrected chi connectivity index (χ1v) is 6.59. The van der Waals surface area contributed by atoms with Gasteiger partial charge in [0.25, 0.3) is 5.91 Å². The van der Waals surface area contributed by atoms with Crippen LogP contribution in [0.1, 0.15) is 29.5 Å². The van der Waals surface area contributed by atoms with Crippen molar-refractivity contribution in [1.82, 2.24) is 5.32 Å². The van der Waals surface area contributed by atoms with E-state index in [1.165, 1.54) is 0 Å². The molecule has 19 heavy (non-hydrogen) atoms. The van der Waals surface area contributed by atoms with Gasteiger partial charge in [0.05, 0.1) is 0 Å². The minimum atomic E-state index is -0.186. The van der Waals surface area contributed by atoms with Crippen molar-refractivity contribution in [1.29, 1.82) is 0 Å². The number of hydrogen-bond donors (Lipinski definition) is 1. The highest BCUT2D eigenvalue weighted by Crippen LogP contribution is 2.27. The Kier molecular flexibility index (Phi) is 4.27. The van der Waals surface area contributed by atoms with Gasteiger partial charge in [0.15, 0.2) is 5.76 Å². The van der Waals surface area contributed by atoms with Crippen LogP contribution in [0.4, 0.5) is 0 Å². The largest absolute Gasteiger partial charge is 0.451 e. The zero-order chi connectivity index (χ0) is 13.8. The van der Waals surface area contributed by atoms with Crippen LogP contribution in [-0.2, 0) is 0 Å². The van der Waals surface area contributed by atoms with Gasteiger partial charge in [-0.25, -0.2) is 0 Å². The normalized spacial score (nSPS) is 11.3. The van der Waals surface area contributed by atoms with E-state index in [0.717, 1.165) is 17.4 Å².